The SMILES string of the molecule is C[C@H](NC(=O)c1ccc2c(ccn2Cc2ccc(-c3ccccc3C(=O)OC(C)(C)C)cc2)c1)c1ccc(N)cc1. The van der Waals surface area contributed by atoms with Crippen LogP contribution in [0.4, 0.5) is 5.69 Å². The Balaban J connectivity index is 1.29. The summed E-state index contributed by atoms with van der Waals surface area (Å²) in [5.74, 6) is -0.449. The van der Waals surface area contributed by atoms with Gasteiger partial charge in [0.2, 0.25) is 0 Å². The Bertz CT molecular complexity index is 1690. The van der Waals surface area contributed by atoms with E-state index in [1.54, 1.807) is 6.07 Å². The lowest BCUT2D eigenvalue weighted by molar-refractivity contribution is 0.00703. The highest BCUT2D eigenvalue weighted by molar-refractivity contribution is 5.99. The Hall–Kier alpha value is -4.84. The van der Waals surface area contributed by atoms with Gasteiger partial charge in [0, 0.05) is 34.9 Å². The van der Waals surface area contributed by atoms with Crippen molar-refractivity contribution < 1.29 is 14.3 Å². The summed E-state index contributed by atoms with van der Waals surface area (Å²) in [5.41, 5.74) is 12.1. The van der Waals surface area contributed by atoms with Crippen molar-refractivity contribution in [3.63, 3.8) is 0 Å². The Morgan fingerprint density at radius 2 is 1.61 bits per heavy atom. The molecule has 6 nitrogen and oxygen atoms in total. The second-order valence-electron chi connectivity index (χ2n) is 11.3. The van der Waals surface area contributed by atoms with Crippen molar-refractivity contribution in [3.8, 4) is 11.1 Å². The van der Waals surface area contributed by atoms with E-state index in [0.29, 0.717) is 23.4 Å². The third-order valence-corrected chi connectivity index (χ3v) is 6.98. The van der Waals surface area contributed by atoms with E-state index in [1.807, 2.05) is 113 Å². The highest BCUT2D eigenvalue weighted by Crippen LogP contribution is 2.27. The fraction of sp³-hybridized carbons (Fsp3) is 0.200. The van der Waals surface area contributed by atoms with Gasteiger partial charge in [-0.3, -0.25) is 4.79 Å². The fourth-order valence-corrected chi connectivity index (χ4v) is 4.86. The topological polar surface area (TPSA) is 86.3 Å². The van der Waals surface area contributed by atoms with Crippen molar-refractivity contribution in [3.05, 3.63) is 126 Å². The van der Waals surface area contributed by atoms with E-state index >= 15 is 0 Å². The largest absolute Gasteiger partial charge is 0.456 e. The van der Waals surface area contributed by atoms with Gasteiger partial charge in [0.1, 0.15) is 5.60 Å². The van der Waals surface area contributed by atoms with Gasteiger partial charge in [0.05, 0.1) is 11.6 Å². The second kappa shape index (κ2) is 11.3. The molecular formula is C35H35N3O3. The first-order valence-corrected chi connectivity index (χ1v) is 13.7. The summed E-state index contributed by atoms with van der Waals surface area (Å²) in [7, 11) is 0. The molecule has 5 rings (SSSR count). The van der Waals surface area contributed by atoms with Gasteiger partial charge < -0.3 is 20.4 Å². The smallest absolute Gasteiger partial charge is 0.339 e. The zero-order valence-corrected chi connectivity index (χ0v) is 23.8. The lowest BCUT2D eigenvalue weighted by Crippen LogP contribution is -2.26. The third kappa shape index (κ3) is 6.49. The lowest BCUT2D eigenvalue weighted by atomic mass is 9.98. The maximum absolute atomic E-state index is 12.9. The standard InChI is InChI=1S/C35H35N3O3/c1-23(25-13-16-29(36)17-14-25)37-33(39)28-15-18-32-27(21-28)19-20-38(32)22-24-9-11-26(12-10-24)30-7-5-6-8-31(30)34(40)41-35(2,3)4/h5-21,23H,22,36H2,1-4H3,(H,37,39)/t23-/m0/s1. The van der Waals surface area contributed by atoms with E-state index < -0.39 is 5.60 Å². The van der Waals surface area contributed by atoms with Crippen molar-refractivity contribution in [2.24, 2.45) is 0 Å². The summed E-state index contributed by atoms with van der Waals surface area (Å²) >= 11 is 0. The second-order valence-corrected chi connectivity index (χ2v) is 11.3. The van der Waals surface area contributed by atoms with Crippen LogP contribution in [0.3, 0.4) is 0 Å². The predicted molar refractivity (Wildman–Crippen MR) is 165 cm³/mol. The molecular weight excluding hydrogens is 510 g/mol. The zero-order chi connectivity index (χ0) is 29.1. The molecule has 1 amide bonds. The molecule has 4 aromatic carbocycles. The minimum atomic E-state index is -0.561. The van der Waals surface area contributed by atoms with E-state index in [1.165, 1.54) is 0 Å². The van der Waals surface area contributed by atoms with E-state index in [4.69, 9.17) is 10.5 Å². The summed E-state index contributed by atoms with van der Waals surface area (Å²) in [6.07, 6.45) is 2.04. The van der Waals surface area contributed by atoms with Gasteiger partial charge in [0.25, 0.3) is 5.91 Å². The molecule has 0 saturated carbocycles. The van der Waals surface area contributed by atoms with Crippen LogP contribution in [0.15, 0.2) is 103 Å². The van der Waals surface area contributed by atoms with Crippen LogP contribution in [0.25, 0.3) is 22.0 Å². The normalized spacial score (nSPS) is 12.2. The molecule has 5 aromatic rings. The zero-order valence-electron chi connectivity index (χ0n) is 23.8. The molecule has 0 bridgehead atoms. The van der Waals surface area contributed by atoms with Crippen molar-refractivity contribution >= 4 is 28.5 Å². The highest BCUT2D eigenvalue weighted by Gasteiger charge is 2.20. The lowest BCUT2D eigenvalue weighted by Gasteiger charge is -2.20. The molecule has 1 aromatic heterocycles. The quantitative estimate of drug-likeness (QED) is 0.165. The Kier molecular flexibility index (Phi) is 7.66. The molecule has 6 heteroatoms. The summed E-state index contributed by atoms with van der Waals surface area (Å²) in [5, 5.41) is 4.07. The molecule has 0 fully saturated rings. The number of hydrogen-bond donors (Lipinski definition) is 2. The van der Waals surface area contributed by atoms with Gasteiger partial charge in [-0.05, 0) is 92.4 Å². The molecule has 0 unspecified atom stereocenters. The number of hydrogen-bond acceptors (Lipinski definition) is 4. The summed E-state index contributed by atoms with van der Waals surface area (Å²) in [6.45, 7) is 8.24. The molecule has 3 N–H and O–H groups in total. The van der Waals surface area contributed by atoms with E-state index in [0.717, 1.165) is 33.2 Å². The minimum Gasteiger partial charge on any atom is -0.456 e. The van der Waals surface area contributed by atoms with Gasteiger partial charge in [-0.25, -0.2) is 4.79 Å². The number of carbonyl (C=O) groups excluding carboxylic acids is 2. The van der Waals surface area contributed by atoms with Gasteiger partial charge in [-0.15, -0.1) is 0 Å². The van der Waals surface area contributed by atoms with Crippen LogP contribution in [0.2, 0.25) is 0 Å². The first-order valence-electron chi connectivity index (χ1n) is 13.7. The Labute approximate surface area is 240 Å². The number of nitrogens with zero attached hydrogens (tertiary/aromatic N) is 1. The first kappa shape index (κ1) is 27.7. The molecule has 0 spiro atoms. The van der Waals surface area contributed by atoms with E-state index in [2.05, 4.69) is 22.0 Å². The molecule has 0 aliphatic heterocycles. The number of nitrogen functional groups attached to an aromatic ring is 1. The molecule has 0 aliphatic carbocycles. The molecule has 0 aliphatic rings. The highest BCUT2D eigenvalue weighted by atomic mass is 16.6. The number of rotatable bonds is 7. The molecule has 1 atom stereocenters. The van der Waals surface area contributed by atoms with Crippen LogP contribution in [0.5, 0.6) is 0 Å². The predicted octanol–water partition coefficient (Wildman–Crippen LogP) is 7.39. The van der Waals surface area contributed by atoms with Crippen molar-refractivity contribution in [1.29, 1.82) is 0 Å². The molecule has 1 heterocycles. The van der Waals surface area contributed by atoms with E-state index in [-0.39, 0.29) is 17.9 Å². The number of esters is 1. The van der Waals surface area contributed by atoms with E-state index in [9.17, 15) is 9.59 Å². The monoisotopic (exact) mass is 545 g/mol. The number of fused-ring (bicyclic) bond motifs is 1. The molecule has 0 radical (unpaired) electrons. The number of aromatic nitrogens is 1. The summed E-state index contributed by atoms with van der Waals surface area (Å²) in [6, 6.07) is 30.9. The number of amides is 1. The van der Waals surface area contributed by atoms with Crippen LogP contribution >= 0.6 is 0 Å². The maximum Gasteiger partial charge on any atom is 0.339 e. The average molecular weight is 546 g/mol. The van der Waals surface area contributed by atoms with Gasteiger partial charge in [0.15, 0.2) is 0 Å². The Morgan fingerprint density at radius 1 is 0.902 bits per heavy atom. The van der Waals surface area contributed by atoms with Crippen LogP contribution in [-0.4, -0.2) is 22.0 Å². The Morgan fingerprint density at radius 3 is 2.32 bits per heavy atom. The van der Waals surface area contributed by atoms with Crippen molar-refractivity contribution in [2.75, 3.05) is 5.73 Å². The van der Waals surface area contributed by atoms with Crippen LogP contribution in [-0.2, 0) is 11.3 Å². The number of benzene rings is 4. The summed E-state index contributed by atoms with van der Waals surface area (Å²) < 4.78 is 7.78. The number of ether oxygens (including phenoxy) is 1. The van der Waals surface area contributed by atoms with Gasteiger partial charge in [-0.1, -0.05) is 54.6 Å². The van der Waals surface area contributed by atoms with Gasteiger partial charge >= 0.3 is 5.97 Å². The van der Waals surface area contributed by atoms with Crippen molar-refractivity contribution in [2.45, 2.75) is 45.9 Å². The third-order valence-electron chi connectivity index (χ3n) is 6.98. The molecule has 41 heavy (non-hydrogen) atoms. The average Bonchev–Trinajstić information content (AvgIpc) is 3.34. The van der Waals surface area contributed by atoms with Crippen LogP contribution < -0.4 is 11.1 Å². The number of nitrogens with two attached hydrogens (primary N) is 1. The molecule has 208 valence electrons. The molecule has 0 saturated heterocycles. The maximum atomic E-state index is 12.9. The van der Waals surface area contributed by atoms with Crippen molar-refractivity contribution in [1.82, 2.24) is 9.88 Å². The van der Waals surface area contributed by atoms with Crippen LogP contribution in [0, 0.1) is 0 Å². The van der Waals surface area contributed by atoms with Gasteiger partial charge in [-0.2, -0.15) is 0 Å². The number of carbonyl (C=O) groups is 2. The van der Waals surface area contributed by atoms with Crippen LogP contribution in [0.1, 0.15) is 65.6 Å². The fourth-order valence-electron chi connectivity index (χ4n) is 4.86. The summed E-state index contributed by atoms with van der Waals surface area (Å²) in [4.78, 5) is 25.7. The minimum absolute atomic E-state index is 0.119. The first-order chi connectivity index (χ1) is 19.6. The number of nitrogens with one attached hydrogen (secondary N) is 1. The number of anilines is 1.